The van der Waals surface area contributed by atoms with Crippen molar-refractivity contribution in [2.45, 2.75) is 4.90 Å². The maximum Gasteiger partial charge on any atom is 0.273 e. The van der Waals surface area contributed by atoms with Crippen LogP contribution in [0.1, 0.15) is 10.5 Å². The molecule has 0 saturated carbocycles. The van der Waals surface area contributed by atoms with E-state index in [4.69, 9.17) is 4.74 Å². The summed E-state index contributed by atoms with van der Waals surface area (Å²) in [5, 5.41) is 9.57. The van der Waals surface area contributed by atoms with E-state index in [1.165, 1.54) is 36.7 Å². The molecule has 0 saturated heterocycles. The van der Waals surface area contributed by atoms with Crippen molar-refractivity contribution in [3.63, 3.8) is 0 Å². The molecule has 0 unspecified atom stereocenters. The van der Waals surface area contributed by atoms with Crippen molar-refractivity contribution >= 4 is 27.6 Å². The van der Waals surface area contributed by atoms with Gasteiger partial charge in [-0.2, -0.15) is 5.10 Å². The Kier molecular flexibility index (Phi) is 5.81. The van der Waals surface area contributed by atoms with Gasteiger partial charge in [0.25, 0.3) is 15.9 Å². The Morgan fingerprint density at radius 2 is 1.69 bits per heavy atom. The number of hydrogen-bond acceptors (Lipinski definition) is 7. The van der Waals surface area contributed by atoms with Crippen LogP contribution in [0.15, 0.2) is 78.0 Å². The molecule has 2 aromatic carbocycles. The molecule has 0 radical (unpaired) electrons. The third-order valence-electron chi connectivity index (χ3n) is 4.42. The van der Waals surface area contributed by atoms with E-state index in [0.717, 1.165) is 11.3 Å². The minimum absolute atomic E-state index is 0.00582. The average Bonchev–Trinajstić information content (AvgIpc) is 3.30. The molecule has 162 valence electrons. The molecule has 32 heavy (non-hydrogen) atoms. The van der Waals surface area contributed by atoms with Crippen LogP contribution in [0, 0.1) is 0 Å². The van der Waals surface area contributed by atoms with Gasteiger partial charge >= 0.3 is 0 Å². The number of rotatable bonds is 7. The first-order valence-electron chi connectivity index (χ1n) is 9.36. The van der Waals surface area contributed by atoms with Crippen LogP contribution in [0.3, 0.4) is 0 Å². The molecule has 0 atom stereocenters. The molecule has 1 amide bonds. The number of benzene rings is 2. The molecule has 10 nitrogen and oxygen atoms in total. The molecule has 0 aliphatic heterocycles. The van der Waals surface area contributed by atoms with Gasteiger partial charge in [-0.05, 0) is 60.7 Å². The normalized spacial score (nSPS) is 11.0. The number of sulfonamides is 1. The van der Waals surface area contributed by atoms with Crippen LogP contribution in [-0.2, 0) is 10.0 Å². The zero-order valence-electron chi connectivity index (χ0n) is 16.8. The molecule has 0 spiro atoms. The van der Waals surface area contributed by atoms with E-state index in [-0.39, 0.29) is 16.5 Å². The predicted molar refractivity (Wildman–Crippen MR) is 118 cm³/mol. The fourth-order valence-electron chi connectivity index (χ4n) is 2.79. The molecule has 4 aromatic rings. The number of carbonyl (C=O) groups is 1. The topological polar surface area (TPSA) is 139 Å². The van der Waals surface area contributed by atoms with E-state index in [2.05, 4.69) is 30.2 Å². The zero-order valence-corrected chi connectivity index (χ0v) is 17.6. The summed E-state index contributed by atoms with van der Waals surface area (Å²) < 4.78 is 32.3. The van der Waals surface area contributed by atoms with Crippen molar-refractivity contribution in [2.24, 2.45) is 0 Å². The summed E-state index contributed by atoms with van der Waals surface area (Å²) in [6.07, 6.45) is 2.86. The first-order valence-corrected chi connectivity index (χ1v) is 10.8. The number of nitrogens with zero attached hydrogens (tertiary/aromatic N) is 3. The van der Waals surface area contributed by atoms with E-state index in [9.17, 15) is 13.2 Å². The van der Waals surface area contributed by atoms with Gasteiger partial charge in [0.2, 0.25) is 5.95 Å². The first kappa shape index (κ1) is 21.0. The van der Waals surface area contributed by atoms with Crippen LogP contribution in [0.25, 0.3) is 11.3 Å². The molecular formula is C21H18N6O4S. The van der Waals surface area contributed by atoms with Crippen molar-refractivity contribution in [3.8, 4) is 17.0 Å². The molecular weight excluding hydrogens is 432 g/mol. The quantitative estimate of drug-likeness (QED) is 0.393. The van der Waals surface area contributed by atoms with Gasteiger partial charge in [-0.15, -0.1) is 0 Å². The van der Waals surface area contributed by atoms with Crippen LogP contribution >= 0.6 is 0 Å². The highest BCUT2D eigenvalue weighted by Gasteiger charge is 2.16. The smallest absolute Gasteiger partial charge is 0.273 e. The molecule has 0 bridgehead atoms. The lowest BCUT2D eigenvalue weighted by atomic mass is 10.1. The Balaban J connectivity index is 1.43. The van der Waals surface area contributed by atoms with Crippen LogP contribution < -0.4 is 14.8 Å². The molecule has 0 fully saturated rings. The van der Waals surface area contributed by atoms with Crippen molar-refractivity contribution in [3.05, 3.63) is 78.8 Å². The van der Waals surface area contributed by atoms with Crippen LogP contribution in [0.4, 0.5) is 11.6 Å². The molecule has 4 rings (SSSR count). The molecule has 2 heterocycles. The number of aromatic amines is 1. The maximum atomic E-state index is 12.5. The molecule has 0 aliphatic rings. The first-order chi connectivity index (χ1) is 15.4. The number of carbonyl (C=O) groups excluding carboxylic acids is 1. The summed E-state index contributed by atoms with van der Waals surface area (Å²) in [7, 11) is -2.27. The fourth-order valence-corrected chi connectivity index (χ4v) is 3.75. The van der Waals surface area contributed by atoms with Gasteiger partial charge in [0, 0.05) is 23.6 Å². The average molecular weight is 450 g/mol. The predicted octanol–water partition coefficient (Wildman–Crippen LogP) is 2.93. The second-order valence-corrected chi connectivity index (χ2v) is 8.23. The highest BCUT2D eigenvalue weighted by atomic mass is 32.2. The van der Waals surface area contributed by atoms with E-state index in [1.54, 1.807) is 31.4 Å². The number of aromatic nitrogens is 4. The van der Waals surface area contributed by atoms with E-state index in [0.29, 0.717) is 11.4 Å². The lowest BCUT2D eigenvalue weighted by molar-refractivity contribution is 0.102. The summed E-state index contributed by atoms with van der Waals surface area (Å²) >= 11 is 0. The molecule has 2 aromatic heterocycles. The van der Waals surface area contributed by atoms with Gasteiger partial charge in [0.15, 0.2) is 0 Å². The summed E-state index contributed by atoms with van der Waals surface area (Å²) in [6.45, 7) is 0. The van der Waals surface area contributed by atoms with Gasteiger partial charge in [-0.25, -0.2) is 23.1 Å². The standard InChI is InChI=1S/C21H18N6O4S/c1-31-16-7-3-14(4-8-16)18-13-19(26-25-18)20(28)24-15-5-9-17(10-6-15)32(29,30)27-21-22-11-2-12-23-21/h2-13H,1H3,(H,24,28)(H,25,26)(H,22,23,27). The summed E-state index contributed by atoms with van der Waals surface area (Å²) in [6, 6.07) is 16.2. The summed E-state index contributed by atoms with van der Waals surface area (Å²) in [5.74, 6) is 0.277. The molecule has 0 aliphatic carbocycles. The van der Waals surface area contributed by atoms with E-state index >= 15 is 0 Å². The molecule has 3 N–H and O–H groups in total. The Bertz CT molecular complexity index is 1320. The van der Waals surface area contributed by atoms with Crippen molar-refractivity contribution in [1.29, 1.82) is 0 Å². The van der Waals surface area contributed by atoms with Crippen molar-refractivity contribution in [1.82, 2.24) is 20.2 Å². The van der Waals surface area contributed by atoms with E-state index in [1.807, 2.05) is 12.1 Å². The number of amides is 1. The minimum Gasteiger partial charge on any atom is -0.497 e. The molecule has 11 heteroatoms. The Morgan fingerprint density at radius 1 is 1.00 bits per heavy atom. The second-order valence-electron chi connectivity index (χ2n) is 6.55. The second kappa shape index (κ2) is 8.86. The number of methoxy groups -OCH3 is 1. The van der Waals surface area contributed by atoms with Gasteiger partial charge in [-0.1, -0.05) is 0 Å². The maximum absolute atomic E-state index is 12.5. The highest BCUT2D eigenvalue weighted by Crippen LogP contribution is 2.22. The van der Waals surface area contributed by atoms with Crippen LogP contribution in [-0.4, -0.2) is 41.6 Å². The summed E-state index contributed by atoms with van der Waals surface area (Å²) in [4.78, 5) is 20.2. The summed E-state index contributed by atoms with van der Waals surface area (Å²) in [5.41, 5.74) is 2.11. The lowest BCUT2D eigenvalue weighted by Gasteiger charge is -2.08. The van der Waals surface area contributed by atoms with Gasteiger partial charge in [0.05, 0.1) is 17.7 Å². The van der Waals surface area contributed by atoms with E-state index < -0.39 is 15.9 Å². The van der Waals surface area contributed by atoms with Gasteiger partial charge in [0.1, 0.15) is 11.4 Å². The number of hydrogen-bond donors (Lipinski definition) is 3. The number of H-pyrrole nitrogens is 1. The fraction of sp³-hybridized carbons (Fsp3) is 0.0476. The van der Waals surface area contributed by atoms with Crippen molar-refractivity contribution in [2.75, 3.05) is 17.1 Å². The minimum atomic E-state index is -3.86. The largest absolute Gasteiger partial charge is 0.497 e. The highest BCUT2D eigenvalue weighted by molar-refractivity contribution is 7.92. The number of anilines is 2. The Hall–Kier alpha value is -4.25. The van der Waals surface area contributed by atoms with Crippen LogP contribution in [0.5, 0.6) is 5.75 Å². The van der Waals surface area contributed by atoms with Gasteiger partial charge in [-0.3, -0.25) is 9.89 Å². The Labute approximate surface area is 183 Å². The number of nitrogens with one attached hydrogen (secondary N) is 3. The zero-order chi connectivity index (χ0) is 22.6. The third kappa shape index (κ3) is 4.73. The van der Waals surface area contributed by atoms with Crippen molar-refractivity contribution < 1.29 is 17.9 Å². The third-order valence-corrected chi connectivity index (χ3v) is 5.77. The Morgan fingerprint density at radius 3 is 2.34 bits per heavy atom. The SMILES string of the molecule is COc1ccc(-c2cc(C(=O)Nc3ccc(S(=O)(=O)Nc4ncccn4)cc3)[nH]n2)cc1. The lowest BCUT2D eigenvalue weighted by Crippen LogP contribution is -2.15. The monoisotopic (exact) mass is 450 g/mol. The number of ether oxygens (including phenoxy) is 1. The van der Waals surface area contributed by atoms with Gasteiger partial charge < -0.3 is 10.1 Å². The van der Waals surface area contributed by atoms with Crippen LogP contribution in [0.2, 0.25) is 0 Å².